The minimum absolute atomic E-state index is 0.123. The Balaban J connectivity index is 2.05. The maximum atomic E-state index is 13.1. The van der Waals surface area contributed by atoms with E-state index in [-0.39, 0.29) is 5.43 Å². The van der Waals surface area contributed by atoms with E-state index in [0.29, 0.717) is 48.1 Å². The second kappa shape index (κ2) is 6.99. The molecule has 0 bridgehead atoms. The van der Waals surface area contributed by atoms with Gasteiger partial charge in [0.05, 0.1) is 5.39 Å². The van der Waals surface area contributed by atoms with Gasteiger partial charge in [0.1, 0.15) is 17.6 Å². The van der Waals surface area contributed by atoms with Crippen LogP contribution < -0.4 is 11.2 Å². The molecule has 1 saturated carbocycles. The summed E-state index contributed by atoms with van der Waals surface area (Å²) < 4.78 is 3.50. The van der Waals surface area contributed by atoms with E-state index in [1.54, 1.807) is 46.4 Å². The maximum absolute atomic E-state index is 13.1. The van der Waals surface area contributed by atoms with Crippen LogP contribution in [0.5, 0.6) is 0 Å². The predicted octanol–water partition coefficient (Wildman–Crippen LogP) is 1.06. The van der Waals surface area contributed by atoms with Crippen molar-refractivity contribution in [1.29, 1.82) is 0 Å². The topological polar surface area (TPSA) is 99.0 Å². The van der Waals surface area contributed by atoms with Gasteiger partial charge in [0.25, 0.3) is 0 Å². The lowest BCUT2D eigenvalue weighted by atomic mass is 10.0. The molecule has 1 fully saturated rings. The van der Waals surface area contributed by atoms with Crippen LogP contribution in [0.4, 0.5) is 0 Å². The molecule has 0 aromatic carbocycles. The summed E-state index contributed by atoms with van der Waals surface area (Å²) in [5.74, 6) is 6.10. The number of fused-ring (bicyclic) bond motifs is 1. The Morgan fingerprint density at radius 1 is 1.30 bits per heavy atom. The maximum Gasteiger partial charge on any atom is 0.195 e. The van der Waals surface area contributed by atoms with Gasteiger partial charge in [0, 0.05) is 24.2 Å². The molecule has 138 valence electrons. The van der Waals surface area contributed by atoms with Gasteiger partial charge >= 0.3 is 0 Å². The molecular formula is C20H21N5O2. The van der Waals surface area contributed by atoms with Crippen LogP contribution in [0.25, 0.3) is 11.0 Å². The van der Waals surface area contributed by atoms with Crippen molar-refractivity contribution in [1.82, 2.24) is 19.3 Å². The van der Waals surface area contributed by atoms with Crippen molar-refractivity contribution in [2.45, 2.75) is 37.7 Å². The molecule has 27 heavy (non-hydrogen) atoms. The van der Waals surface area contributed by atoms with E-state index in [1.165, 1.54) is 0 Å². The fourth-order valence-electron chi connectivity index (χ4n) is 3.61. The standard InChI is InChI=1S/C20H21N5O2/c21-10-6-15-17(5-9-20(27)7-1-2-8-20)25(24-13-12-22-14-24)19-16(18(15)26)4-3-11-23-19/h3-4,11-14,27H,1-2,6-8,10,21H2. The highest BCUT2D eigenvalue weighted by atomic mass is 16.3. The molecule has 3 aromatic rings. The van der Waals surface area contributed by atoms with Crippen LogP contribution in [-0.2, 0) is 6.42 Å². The lowest BCUT2D eigenvalue weighted by Crippen LogP contribution is -2.26. The molecule has 0 unspecified atom stereocenters. The Kier molecular flexibility index (Phi) is 4.52. The van der Waals surface area contributed by atoms with Crippen LogP contribution in [-0.4, -0.2) is 36.6 Å². The van der Waals surface area contributed by atoms with E-state index < -0.39 is 5.60 Å². The molecule has 1 aliphatic carbocycles. The second-order valence-electron chi connectivity index (χ2n) is 6.81. The van der Waals surface area contributed by atoms with E-state index in [9.17, 15) is 9.90 Å². The molecule has 3 N–H and O–H groups in total. The zero-order valence-corrected chi connectivity index (χ0v) is 14.9. The Morgan fingerprint density at radius 2 is 2.11 bits per heavy atom. The van der Waals surface area contributed by atoms with Crippen molar-refractivity contribution in [3.05, 3.63) is 58.5 Å². The summed E-state index contributed by atoms with van der Waals surface area (Å²) in [4.78, 5) is 21.6. The molecule has 0 atom stereocenters. The molecule has 0 amide bonds. The number of aliphatic hydroxyl groups is 1. The molecule has 3 aromatic heterocycles. The second-order valence-corrected chi connectivity index (χ2v) is 6.81. The van der Waals surface area contributed by atoms with Crippen molar-refractivity contribution in [3.63, 3.8) is 0 Å². The average Bonchev–Trinajstić information content (AvgIpc) is 3.35. The highest BCUT2D eigenvalue weighted by Crippen LogP contribution is 2.28. The highest BCUT2D eigenvalue weighted by molar-refractivity contribution is 5.77. The molecule has 7 heteroatoms. The number of hydrogen-bond acceptors (Lipinski definition) is 5. The van der Waals surface area contributed by atoms with Gasteiger partial charge in [0.2, 0.25) is 0 Å². The van der Waals surface area contributed by atoms with E-state index >= 15 is 0 Å². The third-order valence-electron chi connectivity index (χ3n) is 4.96. The fourth-order valence-corrected chi connectivity index (χ4v) is 3.61. The van der Waals surface area contributed by atoms with E-state index in [1.807, 2.05) is 0 Å². The largest absolute Gasteiger partial charge is 0.378 e. The summed E-state index contributed by atoms with van der Waals surface area (Å²) in [7, 11) is 0. The van der Waals surface area contributed by atoms with Crippen molar-refractivity contribution in [3.8, 4) is 11.8 Å². The number of hydrogen-bond donors (Lipinski definition) is 2. The third kappa shape index (κ3) is 3.14. The first kappa shape index (κ1) is 17.5. The number of nitrogens with two attached hydrogens (primary N) is 1. The lowest BCUT2D eigenvalue weighted by molar-refractivity contribution is 0.110. The molecule has 0 spiro atoms. The fraction of sp³-hybridized carbons (Fsp3) is 0.350. The van der Waals surface area contributed by atoms with Crippen LogP contribution in [0.2, 0.25) is 0 Å². The van der Waals surface area contributed by atoms with E-state index in [0.717, 1.165) is 12.8 Å². The smallest absolute Gasteiger partial charge is 0.195 e. The van der Waals surface area contributed by atoms with Crippen LogP contribution in [0.3, 0.4) is 0 Å². The number of rotatable bonds is 3. The van der Waals surface area contributed by atoms with Crippen molar-refractivity contribution in [2.75, 3.05) is 6.54 Å². The van der Waals surface area contributed by atoms with Crippen molar-refractivity contribution < 1.29 is 5.11 Å². The van der Waals surface area contributed by atoms with Gasteiger partial charge < -0.3 is 10.8 Å². The highest BCUT2D eigenvalue weighted by Gasteiger charge is 2.29. The molecule has 4 rings (SSSR count). The predicted molar refractivity (Wildman–Crippen MR) is 102 cm³/mol. The van der Waals surface area contributed by atoms with E-state index in [4.69, 9.17) is 5.73 Å². The molecule has 3 heterocycles. The Hall–Kier alpha value is -2.95. The molecule has 0 aliphatic heterocycles. The van der Waals surface area contributed by atoms with Gasteiger partial charge in [-0.25, -0.2) is 19.3 Å². The molecule has 0 saturated heterocycles. The van der Waals surface area contributed by atoms with Crippen molar-refractivity contribution in [2.24, 2.45) is 5.73 Å². The normalized spacial score (nSPS) is 15.6. The Morgan fingerprint density at radius 3 is 2.81 bits per heavy atom. The van der Waals surface area contributed by atoms with Gasteiger partial charge in [0.15, 0.2) is 11.1 Å². The summed E-state index contributed by atoms with van der Waals surface area (Å²) in [6.45, 7) is 0.323. The van der Waals surface area contributed by atoms with Gasteiger partial charge in [-0.05, 0) is 56.7 Å². The zero-order chi connectivity index (χ0) is 18.9. The molecular weight excluding hydrogens is 342 g/mol. The molecule has 7 nitrogen and oxygen atoms in total. The van der Waals surface area contributed by atoms with Gasteiger partial charge in [-0.3, -0.25) is 4.79 Å². The minimum atomic E-state index is -1.01. The number of imidazole rings is 1. The summed E-state index contributed by atoms with van der Waals surface area (Å²) in [5, 5.41) is 11.2. The minimum Gasteiger partial charge on any atom is -0.378 e. The van der Waals surface area contributed by atoms with Gasteiger partial charge in [-0.1, -0.05) is 5.92 Å². The average molecular weight is 363 g/mol. The summed E-state index contributed by atoms with van der Waals surface area (Å²) >= 11 is 0. The summed E-state index contributed by atoms with van der Waals surface area (Å²) in [6, 6.07) is 3.49. The Labute approximate surface area is 156 Å². The van der Waals surface area contributed by atoms with E-state index in [2.05, 4.69) is 21.8 Å². The lowest BCUT2D eigenvalue weighted by Gasteiger charge is -2.18. The summed E-state index contributed by atoms with van der Waals surface area (Å²) in [6.07, 6.45) is 10.3. The summed E-state index contributed by atoms with van der Waals surface area (Å²) in [5.41, 5.74) is 6.16. The SMILES string of the molecule is NCCc1c(C#CC2(O)CCCC2)n(-n2ccnc2)c2ncccc2c1=O. The molecule has 1 aliphatic rings. The van der Waals surface area contributed by atoms with Crippen LogP contribution in [0.15, 0.2) is 41.8 Å². The first-order chi connectivity index (χ1) is 13.1. The quantitative estimate of drug-likeness (QED) is 0.678. The van der Waals surface area contributed by atoms with Gasteiger partial charge in [-0.2, -0.15) is 0 Å². The van der Waals surface area contributed by atoms with Crippen LogP contribution in [0, 0.1) is 11.8 Å². The first-order valence-electron chi connectivity index (χ1n) is 9.10. The molecule has 0 radical (unpaired) electrons. The van der Waals surface area contributed by atoms with Crippen LogP contribution >= 0.6 is 0 Å². The monoisotopic (exact) mass is 363 g/mol. The number of aromatic nitrogens is 4. The van der Waals surface area contributed by atoms with Crippen LogP contribution in [0.1, 0.15) is 36.9 Å². The number of pyridine rings is 2. The first-order valence-corrected chi connectivity index (χ1v) is 9.10. The number of nitrogens with zero attached hydrogens (tertiary/aromatic N) is 4. The third-order valence-corrected chi connectivity index (χ3v) is 4.96. The zero-order valence-electron chi connectivity index (χ0n) is 14.9. The van der Waals surface area contributed by atoms with Crippen molar-refractivity contribution >= 4 is 11.0 Å². The van der Waals surface area contributed by atoms with Gasteiger partial charge in [-0.15, -0.1) is 0 Å². The Bertz CT molecular complexity index is 1080.